The average molecular weight is 395 g/mol. The SMILES string of the molecule is C[C@]12C[C@@H](NC(=O)N1c1ccc(F)cc1F)c1cc(Br)ccc1O2. The summed E-state index contributed by atoms with van der Waals surface area (Å²) in [5.41, 5.74) is -0.211. The van der Waals surface area contributed by atoms with Gasteiger partial charge in [-0.3, -0.25) is 4.90 Å². The number of ether oxygens (including phenoxy) is 1. The third kappa shape index (κ3) is 2.26. The Bertz CT molecular complexity index is 860. The molecule has 2 amide bonds. The summed E-state index contributed by atoms with van der Waals surface area (Å²) in [6, 6.07) is 7.95. The van der Waals surface area contributed by atoms with Crippen LogP contribution in [-0.4, -0.2) is 11.8 Å². The molecule has 2 aliphatic heterocycles. The largest absolute Gasteiger partial charge is 0.467 e. The van der Waals surface area contributed by atoms with Crippen molar-refractivity contribution < 1.29 is 18.3 Å². The maximum Gasteiger partial charge on any atom is 0.325 e. The Hall–Kier alpha value is -2.15. The van der Waals surface area contributed by atoms with Crippen molar-refractivity contribution in [3.8, 4) is 5.75 Å². The summed E-state index contributed by atoms with van der Waals surface area (Å²) in [6.45, 7) is 1.73. The minimum atomic E-state index is -1.06. The Morgan fingerprint density at radius 1 is 1.29 bits per heavy atom. The van der Waals surface area contributed by atoms with Gasteiger partial charge in [-0.2, -0.15) is 0 Å². The van der Waals surface area contributed by atoms with Gasteiger partial charge in [0.15, 0.2) is 5.72 Å². The van der Waals surface area contributed by atoms with Crippen molar-refractivity contribution in [3.05, 3.63) is 58.1 Å². The van der Waals surface area contributed by atoms with Gasteiger partial charge in [-0.1, -0.05) is 15.9 Å². The summed E-state index contributed by atoms with van der Waals surface area (Å²) in [5.74, 6) is -0.879. The van der Waals surface area contributed by atoms with Gasteiger partial charge in [-0.15, -0.1) is 0 Å². The number of hydrogen-bond donors (Lipinski definition) is 1. The third-order valence-electron chi connectivity index (χ3n) is 4.38. The van der Waals surface area contributed by atoms with E-state index in [1.807, 2.05) is 12.1 Å². The first kappa shape index (κ1) is 15.4. The van der Waals surface area contributed by atoms with Crippen LogP contribution in [0.5, 0.6) is 5.75 Å². The predicted octanol–water partition coefficient (Wildman–Crippen LogP) is 4.50. The van der Waals surface area contributed by atoms with Crippen LogP contribution in [0.1, 0.15) is 24.9 Å². The molecule has 2 aromatic rings. The fourth-order valence-electron chi connectivity index (χ4n) is 3.37. The molecule has 0 aromatic heterocycles. The van der Waals surface area contributed by atoms with Gasteiger partial charge in [0.2, 0.25) is 0 Å². The first-order valence-corrected chi connectivity index (χ1v) is 8.21. The molecule has 0 unspecified atom stereocenters. The Morgan fingerprint density at radius 3 is 2.83 bits per heavy atom. The summed E-state index contributed by atoms with van der Waals surface area (Å²) >= 11 is 3.41. The second kappa shape index (κ2) is 5.17. The van der Waals surface area contributed by atoms with Crippen molar-refractivity contribution in [1.82, 2.24) is 5.32 Å². The minimum Gasteiger partial charge on any atom is -0.467 e. The van der Waals surface area contributed by atoms with Gasteiger partial charge in [-0.25, -0.2) is 13.6 Å². The van der Waals surface area contributed by atoms with Crippen molar-refractivity contribution in [2.75, 3.05) is 4.90 Å². The molecule has 4 nitrogen and oxygen atoms in total. The van der Waals surface area contributed by atoms with Gasteiger partial charge in [0.05, 0.1) is 11.7 Å². The normalized spacial score (nSPS) is 24.9. The predicted molar refractivity (Wildman–Crippen MR) is 87.9 cm³/mol. The molecule has 1 fully saturated rings. The second-order valence-corrected chi connectivity index (χ2v) is 7.01. The number of amides is 2. The van der Waals surface area contributed by atoms with Crippen LogP contribution in [0.25, 0.3) is 0 Å². The number of hydrogen-bond acceptors (Lipinski definition) is 2. The first-order valence-electron chi connectivity index (χ1n) is 7.42. The number of carbonyl (C=O) groups is 1. The number of carbonyl (C=O) groups excluding carboxylic acids is 1. The Morgan fingerprint density at radius 2 is 2.08 bits per heavy atom. The Labute approximate surface area is 145 Å². The quantitative estimate of drug-likeness (QED) is 0.773. The standard InChI is InChI=1S/C17H13BrF2N2O2/c1-17-8-13(11-6-9(18)2-5-15(11)24-17)21-16(23)22(17)14-4-3-10(19)7-12(14)20/h2-7,13H,8H2,1H3,(H,21,23)/t13-,17+/m1/s1. The zero-order valence-electron chi connectivity index (χ0n) is 12.6. The van der Waals surface area contributed by atoms with Crippen LogP contribution < -0.4 is 15.0 Å². The van der Waals surface area contributed by atoms with Crippen LogP contribution in [0.4, 0.5) is 19.3 Å². The van der Waals surface area contributed by atoms with Gasteiger partial charge in [0.1, 0.15) is 17.4 Å². The molecule has 1 N–H and O–H groups in total. The zero-order chi connectivity index (χ0) is 17.1. The summed E-state index contributed by atoms with van der Waals surface area (Å²) in [6.07, 6.45) is 0.443. The molecule has 7 heteroatoms. The van der Waals surface area contributed by atoms with Crippen molar-refractivity contribution in [3.63, 3.8) is 0 Å². The smallest absolute Gasteiger partial charge is 0.325 e. The maximum atomic E-state index is 14.2. The maximum absolute atomic E-state index is 14.2. The van der Waals surface area contributed by atoms with E-state index in [0.717, 1.165) is 22.2 Å². The number of benzene rings is 2. The lowest BCUT2D eigenvalue weighted by molar-refractivity contribution is 0.0373. The molecule has 24 heavy (non-hydrogen) atoms. The highest BCUT2D eigenvalue weighted by Crippen LogP contribution is 2.46. The molecule has 2 bridgehead atoms. The number of fused-ring (bicyclic) bond motifs is 4. The average Bonchev–Trinajstić information content (AvgIpc) is 2.50. The van der Waals surface area contributed by atoms with Crippen LogP contribution in [0.2, 0.25) is 0 Å². The van der Waals surface area contributed by atoms with E-state index < -0.39 is 23.4 Å². The van der Waals surface area contributed by atoms with Crippen molar-refractivity contribution in [1.29, 1.82) is 0 Å². The number of rotatable bonds is 1. The van der Waals surface area contributed by atoms with Crippen molar-refractivity contribution in [2.24, 2.45) is 0 Å². The monoisotopic (exact) mass is 394 g/mol. The van der Waals surface area contributed by atoms with Gasteiger partial charge in [-0.05, 0) is 37.3 Å². The summed E-state index contributed by atoms with van der Waals surface area (Å²) in [5, 5.41) is 2.87. The van der Waals surface area contributed by atoms with E-state index in [9.17, 15) is 13.6 Å². The van der Waals surface area contributed by atoms with E-state index in [4.69, 9.17) is 4.74 Å². The molecule has 124 valence electrons. The first-order chi connectivity index (χ1) is 11.4. The van der Waals surface area contributed by atoms with E-state index in [1.165, 1.54) is 11.0 Å². The molecule has 0 aliphatic carbocycles. The van der Waals surface area contributed by atoms with E-state index in [2.05, 4.69) is 21.2 Å². The highest BCUT2D eigenvalue weighted by molar-refractivity contribution is 9.10. The fourth-order valence-corrected chi connectivity index (χ4v) is 3.75. The highest BCUT2D eigenvalue weighted by atomic mass is 79.9. The fraction of sp³-hybridized carbons (Fsp3) is 0.235. The van der Waals surface area contributed by atoms with E-state index >= 15 is 0 Å². The number of nitrogens with zero attached hydrogens (tertiary/aromatic N) is 1. The lowest BCUT2D eigenvalue weighted by Crippen LogP contribution is -2.65. The molecular weight excluding hydrogens is 382 g/mol. The topological polar surface area (TPSA) is 41.6 Å². The Kier molecular flexibility index (Phi) is 3.32. The molecule has 2 aliphatic rings. The van der Waals surface area contributed by atoms with E-state index in [0.29, 0.717) is 12.2 Å². The van der Waals surface area contributed by atoms with Gasteiger partial charge in [0.25, 0.3) is 0 Å². The number of anilines is 1. The molecule has 0 saturated carbocycles. The summed E-state index contributed by atoms with van der Waals surface area (Å²) in [4.78, 5) is 13.8. The zero-order valence-corrected chi connectivity index (χ0v) is 14.2. The lowest BCUT2D eigenvalue weighted by atomic mass is 9.90. The second-order valence-electron chi connectivity index (χ2n) is 6.10. The molecule has 2 heterocycles. The van der Waals surface area contributed by atoms with E-state index in [1.54, 1.807) is 13.0 Å². The molecule has 0 radical (unpaired) electrons. The van der Waals surface area contributed by atoms with Crippen LogP contribution in [0.3, 0.4) is 0 Å². The van der Waals surface area contributed by atoms with Crippen LogP contribution >= 0.6 is 15.9 Å². The minimum absolute atomic E-state index is 0.0181. The van der Waals surface area contributed by atoms with Gasteiger partial charge >= 0.3 is 6.03 Å². The number of nitrogens with one attached hydrogen (secondary N) is 1. The van der Waals surface area contributed by atoms with Crippen molar-refractivity contribution in [2.45, 2.75) is 25.1 Å². The van der Waals surface area contributed by atoms with Gasteiger partial charge in [0, 0.05) is 22.5 Å². The molecule has 2 aromatic carbocycles. The number of urea groups is 1. The van der Waals surface area contributed by atoms with Gasteiger partial charge < -0.3 is 10.1 Å². The van der Waals surface area contributed by atoms with Crippen LogP contribution in [0, 0.1) is 11.6 Å². The molecule has 0 spiro atoms. The van der Waals surface area contributed by atoms with Crippen LogP contribution in [-0.2, 0) is 0 Å². The molecular formula is C17H13BrF2N2O2. The summed E-state index contributed by atoms with van der Waals surface area (Å²) < 4.78 is 34.4. The third-order valence-corrected chi connectivity index (χ3v) is 4.88. The summed E-state index contributed by atoms with van der Waals surface area (Å²) in [7, 11) is 0. The highest BCUT2D eigenvalue weighted by Gasteiger charge is 2.50. The molecule has 4 rings (SSSR count). The number of halogens is 3. The molecule has 1 saturated heterocycles. The van der Waals surface area contributed by atoms with Crippen molar-refractivity contribution >= 4 is 27.6 Å². The Balaban J connectivity index is 1.82. The molecule has 2 atom stereocenters. The van der Waals surface area contributed by atoms with E-state index in [-0.39, 0.29) is 11.7 Å². The van der Waals surface area contributed by atoms with Crippen LogP contribution in [0.15, 0.2) is 40.9 Å². The lowest BCUT2D eigenvalue weighted by Gasteiger charge is -2.50.